The fourth-order valence-corrected chi connectivity index (χ4v) is 5.62. The van der Waals surface area contributed by atoms with E-state index in [2.05, 4.69) is 13.0 Å². The van der Waals surface area contributed by atoms with Gasteiger partial charge in [-0.25, -0.2) is 0 Å². The van der Waals surface area contributed by atoms with E-state index in [4.69, 9.17) is 4.74 Å². The topological polar surface area (TPSA) is 46.5 Å². The minimum atomic E-state index is -0.184. The highest BCUT2D eigenvalue weighted by atomic mass is 16.5. The average Bonchev–Trinajstić information content (AvgIpc) is 2.81. The lowest BCUT2D eigenvalue weighted by molar-refractivity contribution is -0.135. The number of aryl methyl sites for hydroxylation is 1. The first-order valence-corrected chi connectivity index (χ1v) is 8.42. The van der Waals surface area contributed by atoms with E-state index >= 15 is 0 Å². The molecule has 3 nitrogen and oxygen atoms in total. The van der Waals surface area contributed by atoms with Crippen molar-refractivity contribution in [3.05, 3.63) is 29.3 Å². The van der Waals surface area contributed by atoms with Crippen molar-refractivity contribution in [2.24, 2.45) is 17.3 Å². The molecule has 1 aromatic carbocycles. The fraction of sp³-hybridized carbons (Fsp3) is 0.632. The van der Waals surface area contributed by atoms with Crippen LogP contribution in [0.25, 0.3) is 0 Å². The summed E-state index contributed by atoms with van der Waals surface area (Å²) < 4.78 is 5.85. The summed E-state index contributed by atoms with van der Waals surface area (Å²) in [6.07, 6.45) is 4.84. The van der Waals surface area contributed by atoms with Crippen LogP contribution in [0.3, 0.4) is 0 Å². The van der Waals surface area contributed by atoms with Gasteiger partial charge in [-0.2, -0.15) is 0 Å². The summed E-state index contributed by atoms with van der Waals surface area (Å²) in [6.45, 7) is 2.17. The van der Waals surface area contributed by atoms with Crippen LogP contribution in [-0.4, -0.2) is 24.1 Å². The summed E-state index contributed by atoms with van der Waals surface area (Å²) >= 11 is 0. The van der Waals surface area contributed by atoms with Crippen LogP contribution in [0.2, 0.25) is 0 Å². The molecule has 0 radical (unpaired) electrons. The van der Waals surface area contributed by atoms with E-state index < -0.39 is 0 Å². The molecule has 0 spiro atoms. The van der Waals surface area contributed by atoms with Gasteiger partial charge >= 0.3 is 0 Å². The molecular formula is C19H24O3. The van der Waals surface area contributed by atoms with Gasteiger partial charge in [-0.15, -0.1) is 0 Å². The van der Waals surface area contributed by atoms with Gasteiger partial charge in [-0.05, 0) is 60.8 Å². The van der Waals surface area contributed by atoms with Crippen LogP contribution in [0.4, 0.5) is 0 Å². The van der Waals surface area contributed by atoms with Crippen molar-refractivity contribution in [3.8, 4) is 5.75 Å². The number of aromatic hydroxyl groups is 1. The summed E-state index contributed by atoms with van der Waals surface area (Å²) in [7, 11) is 1.78. The lowest BCUT2D eigenvalue weighted by Gasteiger charge is -2.51. The lowest BCUT2D eigenvalue weighted by Crippen LogP contribution is -2.49. The van der Waals surface area contributed by atoms with E-state index in [1.54, 1.807) is 13.2 Å². The second-order valence-electron chi connectivity index (χ2n) is 7.58. The molecule has 5 atom stereocenters. The number of phenols is 1. The molecule has 0 heterocycles. The summed E-state index contributed by atoms with van der Waals surface area (Å²) in [5.74, 6) is 2.20. The maximum absolute atomic E-state index is 12.5. The van der Waals surface area contributed by atoms with Gasteiger partial charge in [0.05, 0.1) is 6.10 Å². The number of ketones is 1. The Hall–Kier alpha value is -1.35. The van der Waals surface area contributed by atoms with Gasteiger partial charge in [-0.3, -0.25) is 4.79 Å². The molecule has 22 heavy (non-hydrogen) atoms. The van der Waals surface area contributed by atoms with Crippen molar-refractivity contribution in [2.75, 3.05) is 7.11 Å². The molecule has 3 aliphatic carbocycles. The molecular weight excluding hydrogens is 276 g/mol. The number of benzene rings is 1. The zero-order chi connectivity index (χ0) is 15.5. The molecule has 0 bridgehead atoms. The van der Waals surface area contributed by atoms with E-state index in [-0.39, 0.29) is 11.5 Å². The van der Waals surface area contributed by atoms with Crippen LogP contribution >= 0.6 is 0 Å². The van der Waals surface area contributed by atoms with Gasteiger partial charge in [0.1, 0.15) is 11.5 Å². The number of carbonyl (C=O) groups excluding carboxylic acids is 1. The Morgan fingerprint density at radius 2 is 2.09 bits per heavy atom. The minimum Gasteiger partial charge on any atom is -0.508 e. The highest BCUT2D eigenvalue weighted by molar-refractivity contribution is 5.87. The van der Waals surface area contributed by atoms with Gasteiger partial charge < -0.3 is 9.84 Å². The zero-order valence-corrected chi connectivity index (χ0v) is 13.3. The van der Waals surface area contributed by atoms with E-state index in [0.29, 0.717) is 29.3 Å². The van der Waals surface area contributed by atoms with Crippen molar-refractivity contribution in [3.63, 3.8) is 0 Å². The van der Waals surface area contributed by atoms with Crippen LogP contribution in [0.1, 0.15) is 49.7 Å². The number of Topliss-reactive ketones (excluding diaryl/α,β-unsaturated/α-hetero) is 1. The van der Waals surface area contributed by atoms with E-state index in [1.165, 1.54) is 11.1 Å². The molecule has 0 amide bonds. The molecule has 0 unspecified atom stereocenters. The van der Waals surface area contributed by atoms with Crippen molar-refractivity contribution in [1.29, 1.82) is 0 Å². The largest absolute Gasteiger partial charge is 0.508 e. The molecule has 0 aliphatic heterocycles. The normalized spacial score (nSPS) is 40.0. The van der Waals surface area contributed by atoms with Crippen LogP contribution in [0.15, 0.2) is 18.2 Å². The second kappa shape index (κ2) is 4.82. The van der Waals surface area contributed by atoms with Crippen molar-refractivity contribution < 1.29 is 14.6 Å². The first-order chi connectivity index (χ1) is 10.5. The molecule has 3 aliphatic rings. The number of hydrogen-bond acceptors (Lipinski definition) is 3. The van der Waals surface area contributed by atoms with Crippen molar-refractivity contribution in [1.82, 2.24) is 0 Å². The molecule has 4 rings (SSSR count). The molecule has 1 N–H and O–H groups in total. The number of methoxy groups -OCH3 is 1. The second-order valence-corrected chi connectivity index (χ2v) is 7.58. The van der Waals surface area contributed by atoms with E-state index in [0.717, 1.165) is 32.1 Å². The summed E-state index contributed by atoms with van der Waals surface area (Å²) in [5, 5.41) is 9.76. The van der Waals surface area contributed by atoms with Crippen LogP contribution in [-0.2, 0) is 16.0 Å². The first-order valence-electron chi connectivity index (χ1n) is 8.42. The first kappa shape index (κ1) is 14.3. The van der Waals surface area contributed by atoms with Crippen molar-refractivity contribution in [2.45, 2.75) is 51.0 Å². The van der Waals surface area contributed by atoms with Crippen molar-refractivity contribution >= 4 is 5.78 Å². The van der Waals surface area contributed by atoms with Crippen LogP contribution < -0.4 is 0 Å². The highest BCUT2D eigenvalue weighted by Gasteiger charge is 2.57. The SMILES string of the molecule is CO[C@H]1C[C@]2(C)C(=O)CC[C@H]2[C@@H]2CCc3cc(O)ccc3[C@H]21. The molecule has 2 saturated carbocycles. The minimum absolute atomic E-state index is 0.108. The smallest absolute Gasteiger partial charge is 0.139 e. The van der Waals surface area contributed by atoms with Gasteiger partial charge in [0.25, 0.3) is 0 Å². The number of hydrogen-bond donors (Lipinski definition) is 1. The predicted octanol–water partition coefficient (Wildman–Crippen LogP) is 3.44. The Kier molecular flexibility index (Phi) is 3.12. The summed E-state index contributed by atoms with van der Waals surface area (Å²) in [5.41, 5.74) is 2.41. The van der Waals surface area contributed by atoms with Gasteiger partial charge in [-0.1, -0.05) is 13.0 Å². The molecule has 1 aromatic rings. The van der Waals surface area contributed by atoms with Crippen LogP contribution in [0.5, 0.6) is 5.75 Å². The third-order valence-electron chi connectivity index (χ3n) is 6.68. The third kappa shape index (κ3) is 1.81. The monoisotopic (exact) mass is 300 g/mol. The average molecular weight is 300 g/mol. The zero-order valence-electron chi connectivity index (χ0n) is 13.3. The number of ether oxygens (including phenoxy) is 1. The third-order valence-corrected chi connectivity index (χ3v) is 6.68. The van der Waals surface area contributed by atoms with Gasteiger partial charge in [0.2, 0.25) is 0 Å². The van der Waals surface area contributed by atoms with E-state index in [1.807, 2.05) is 6.07 Å². The Labute approximate surface area is 131 Å². The number of carbonyl (C=O) groups is 1. The number of rotatable bonds is 1. The quantitative estimate of drug-likeness (QED) is 0.864. The maximum Gasteiger partial charge on any atom is 0.139 e. The Morgan fingerprint density at radius 3 is 2.86 bits per heavy atom. The Bertz CT molecular complexity index is 623. The highest BCUT2D eigenvalue weighted by Crippen LogP contribution is 2.60. The number of fused-ring (bicyclic) bond motifs is 5. The van der Waals surface area contributed by atoms with Gasteiger partial charge in [0.15, 0.2) is 0 Å². The standard InChI is InChI=1S/C19H24O3/c1-19-10-16(22-2)18-13-6-4-12(20)9-11(13)3-5-14(18)15(19)7-8-17(19)21/h4,6,9,14-16,18,20H,3,5,7-8,10H2,1-2H3/t14-,15-,16-,18+,19-/m0/s1. The summed E-state index contributed by atoms with van der Waals surface area (Å²) in [6, 6.07) is 5.78. The number of phenolic OH excluding ortho intramolecular Hbond substituents is 1. The van der Waals surface area contributed by atoms with Crippen LogP contribution in [0, 0.1) is 17.3 Å². The Balaban J connectivity index is 1.79. The summed E-state index contributed by atoms with van der Waals surface area (Å²) in [4.78, 5) is 12.5. The fourth-order valence-electron chi connectivity index (χ4n) is 5.62. The van der Waals surface area contributed by atoms with Gasteiger partial charge in [0, 0.05) is 24.9 Å². The molecule has 118 valence electrons. The Morgan fingerprint density at radius 1 is 1.27 bits per heavy atom. The lowest BCUT2D eigenvalue weighted by atomic mass is 9.54. The molecule has 3 heteroatoms. The molecule has 0 saturated heterocycles. The van der Waals surface area contributed by atoms with E-state index in [9.17, 15) is 9.90 Å². The molecule has 2 fully saturated rings. The predicted molar refractivity (Wildman–Crippen MR) is 83.9 cm³/mol. The molecule has 0 aromatic heterocycles. The maximum atomic E-state index is 12.5.